The molecule has 2 aromatic rings. The number of anilines is 3. The van der Waals surface area contributed by atoms with Gasteiger partial charge in [0, 0.05) is 11.6 Å². The summed E-state index contributed by atoms with van der Waals surface area (Å²) in [5.74, 6) is 0.931. The van der Waals surface area contributed by atoms with Crippen LogP contribution in [-0.4, -0.2) is 34.6 Å². The minimum atomic E-state index is -0.548. The van der Waals surface area contributed by atoms with Crippen LogP contribution in [0.3, 0.4) is 0 Å². The molecule has 9 nitrogen and oxygen atoms in total. The molecule has 26 heavy (non-hydrogen) atoms. The van der Waals surface area contributed by atoms with Gasteiger partial charge in [0.2, 0.25) is 11.6 Å². The third-order valence-electron chi connectivity index (χ3n) is 3.23. The van der Waals surface area contributed by atoms with Crippen LogP contribution in [-0.2, 0) is 0 Å². The quantitative estimate of drug-likeness (QED) is 0.570. The summed E-state index contributed by atoms with van der Waals surface area (Å²) < 4.78 is 10.4. The molecular formula is C16H20ClN5O4. The zero-order valence-corrected chi connectivity index (χ0v) is 15.8. The van der Waals surface area contributed by atoms with Crippen LogP contribution < -0.4 is 20.1 Å². The zero-order chi connectivity index (χ0) is 19.5. The molecule has 1 heterocycles. The molecule has 0 spiro atoms. The average molecular weight is 382 g/mol. The van der Waals surface area contributed by atoms with Crippen LogP contribution >= 0.6 is 11.6 Å². The summed E-state index contributed by atoms with van der Waals surface area (Å²) in [6, 6.07) is 3.12. The molecule has 0 fully saturated rings. The fraction of sp³-hybridized carbons (Fsp3) is 0.375. The lowest BCUT2D eigenvalue weighted by Crippen LogP contribution is -2.27. The lowest BCUT2D eigenvalue weighted by molar-refractivity contribution is -0.383. The maximum absolute atomic E-state index is 11.6. The Morgan fingerprint density at radius 3 is 2.27 bits per heavy atom. The smallest absolute Gasteiger partial charge is 0.353 e. The van der Waals surface area contributed by atoms with Crippen molar-refractivity contribution in [2.24, 2.45) is 0 Å². The number of hydrogen-bond donors (Lipinski definition) is 2. The molecule has 0 unspecified atom stereocenters. The summed E-state index contributed by atoms with van der Waals surface area (Å²) >= 11 is 6.15. The number of benzene rings is 1. The monoisotopic (exact) mass is 381 g/mol. The minimum Gasteiger partial charge on any atom is -0.495 e. The van der Waals surface area contributed by atoms with Gasteiger partial charge in [0.1, 0.15) is 17.8 Å². The number of aromatic nitrogens is 2. The number of rotatable bonds is 6. The number of halogens is 1. The van der Waals surface area contributed by atoms with Crippen LogP contribution in [0.4, 0.5) is 23.0 Å². The highest BCUT2D eigenvalue weighted by Crippen LogP contribution is 2.39. The van der Waals surface area contributed by atoms with Crippen molar-refractivity contribution in [2.45, 2.75) is 26.3 Å². The molecule has 2 rings (SSSR count). The second-order valence-electron chi connectivity index (χ2n) is 6.36. The second-order valence-corrected chi connectivity index (χ2v) is 6.77. The van der Waals surface area contributed by atoms with E-state index in [4.69, 9.17) is 21.1 Å². The van der Waals surface area contributed by atoms with Gasteiger partial charge in [-0.15, -0.1) is 0 Å². The van der Waals surface area contributed by atoms with Crippen molar-refractivity contribution in [1.29, 1.82) is 0 Å². The van der Waals surface area contributed by atoms with E-state index in [1.807, 2.05) is 20.8 Å². The molecule has 0 atom stereocenters. The van der Waals surface area contributed by atoms with Gasteiger partial charge >= 0.3 is 5.69 Å². The molecule has 0 saturated carbocycles. The molecule has 0 radical (unpaired) electrons. The summed E-state index contributed by atoms with van der Waals surface area (Å²) in [5, 5.41) is 17.8. The van der Waals surface area contributed by atoms with Crippen LogP contribution in [0.25, 0.3) is 0 Å². The van der Waals surface area contributed by atoms with Gasteiger partial charge in [-0.3, -0.25) is 10.1 Å². The first-order valence-electron chi connectivity index (χ1n) is 7.62. The largest absolute Gasteiger partial charge is 0.495 e. The molecule has 0 bridgehead atoms. The summed E-state index contributed by atoms with van der Waals surface area (Å²) in [7, 11) is 2.95. The Balaban J connectivity index is 2.52. The topological polar surface area (TPSA) is 111 Å². The molecule has 1 aromatic carbocycles. The van der Waals surface area contributed by atoms with E-state index in [0.29, 0.717) is 22.2 Å². The number of nitrogens with one attached hydrogen (secondary N) is 2. The predicted octanol–water partition coefficient (Wildman–Crippen LogP) is 4.01. The molecule has 0 amide bonds. The van der Waals surface area contributed by atoms with Crippen LogP contribution in [0.5, 0.6) is 11.5 Å². The van der Waals surface area contributed by atoms with Gasteiger partial charge in [0.15, 0.2) is 0 Å². The summed E-state index contributed by atoms with van der Waals surface area (Å²) in [5.41, 5.74) is -0.296. The Morgan fingerprint density at radius 2 is 1.73 bits per heavy atom. The van der Waals surface area contributed by atoms with E-state index < -0.39 is 10.5 Å². The first-order chi connectivity index (χ1) is 12.2. The maximum Gasteiger partial charge on any atom is 0.353 e. The number of hydrogen-bond acceptors (Lipinski definition) is 8. The fourth-order valence-corrected chi connectivity index (χ4v) is 2.42. The molecule has 140 valence electrons. The van der Waals surface area contributed by atoms with Crippen molar-refractivity contribution in [3.63, 3.8) is 0 Å². The predicted molar refractivity (Wildman–Crippen MR) is 99.9 cm³/mol. The fourth-order valence-electron chi connectivity index (χ4n) is 2.18. The van der Waals surface area contributed by atoms with Gasteiger partial charge in [-0.05, 0) is 26.8 Å². The van der Waals surface area contributed by atoms with E-state index in [0.717, 1.165) is 0 Å². The van der Waals surface area contributed by atoms with Gasteiger partial charge in [0.25, 0.3) is 0 Å². The molecule has 0 saturated heterocycles. The van der Waals surface area contributed by atoms with Crippen LogP contribution in [0.15, 0.2) is 18.5 Å². The Morgan fingerprint density at radius 1 is 1.12 bits per heavy atom. The van der Waals surface area contributed by atoms with Crippen molar-refractivity contribution in [1.82, 2.24) is 9.97 Å². The van der Waals surface area contributed by atoms with E-state index in [1.54, 1.807) is 12.1 Å². The highest BCUT2D eigenvalue weighted by molar-refractivity contribution is 6.32. The van der Waals surface area contributed by atoms with Gasteiger partial charge in [-0.25, -0.2) is 9.97 Å². The highest BCUT2D eigenvalue weighted by Gasteiger charge is 2.26. The third-order valence-corrected chi connectivity index (χ3v) is 3.52. The second kappa shape index (κ2) is 7.61. The first-order valence-corrected chi connectivity index (χ1v) is 8.00. The number of nitrogens with zero attached hydrogens (tertiary/aromatic N) is 3. The highest BCUT2D eigenvalue weighted by atomic mass is 35.5. The number of methoxy groups -OCH3 is 2. The van der Waals surface area contributed by atoms with E-state index in [9.17, 15) is 10.1 Å². The maximum atomic E-state index is 11.6. The summed E-state index contributed by atoms with van der Waals surface area (Å²) in [6.45, 7) is 5.62. The normalized spacial score (nSPS) is 11.0. The number of ether oxygens (including phenoxy) is 2. The van der Waals surface area contributed by atoms with Crippen molar-refractivity contribution in [3.8, 4) is 11.5 Å². The van der Waals surface area contributed by atoms with Crippen LogP contribution in [0, 0.1) is 10.1 Å². The lowest BCUT2D eigenvalue weighted by Gasteiger charge is -2.21. The molecule has 0 aliphatic rings. The van der Waals surface area contributed by atoms with E-state index >= 15 is 0 Å². The SMILES string of the molecule is COc1cc(OC)c(Nc2ncnc(NC(C)(C)C)c2[N+](=O)[O-])cc1Cl. The Bertz CT molecular complexity index is 823. The lowest BCUT2D eigenvalue weighted by atomic mass is 10.1. The number of nitro groups is 1. The molecular weight excluding hydrogens is 362 g/mol. The standard InChI is InChI=1S/C16H20ClN5O4/c1-16(2,3)21-15-13(22(23)24)14(18-8-19-15)20-10-6-9(17)11(25-4)7-12(10)26-5/h6-8H,1-5H3,(H2,18,19,20,21). The zero-order valence-electron chi connectivity index (χ0n) is 15.1. The average Bonchev–Trinajstić information content (AvgIpc) is 2.53. The van der Waals surface area contributed by atoms with Crippen molar-refractivity contribution >= 4 is 34.6 Å². The van der Waals surface area contributed by atoms with Crippen molar-refractivity contribution < 1.29 is 14.4 Å². The van der Waals surface area contributed by atoms with E-state index in [-0.39, 0.29) is 17.3 Å². The van der Waals surface area contributed by atoms with Gasteiger partial charge in [-0.1, -0.05) is 11.6 Å². The van der Waals surface area contributed by atoms with Gasteiger partial charge in [-0.2, -0.15) is 0 Å². The van der Waals surface area contributed by atoms with Crippen molar-refractivity contribution in [2.75, 3.05) is 24.9 Å². The Labute approximate surface area is 155 Å². The molecule has 2 N–H and O–H groups in total. The third kappa shape index (κ3) is 4.42. The van der Waals surface area contributed by atoms with Crippen LogP contribution in [0.1, 0.15) is 20.8 Å². The Hall–Kier alpha value is -2.81. The van der Waals surface area contributed by atoms with Crippen LogP contribution in [0.2, 0.25) is 5.02 Å². The van der Waals surface area contributed by atoms with Crippen molar-refractivity contribution in [3.05, 3.63) is 33.6 Å². The summed E-state index contributed by atoms with van der Waals surface area (Å²) in [4.78, 5) is 19.1. The first kappa shape index (κ1) is 19.5. The van der Waals surface area contributed by atoms with E-state index in [2.05, 4.69) is 20.6 Å². The summed E-state index contributed by atoms with van der Waals surface area (Å²) in [6.07, 6.45) is 1.24. The van der Waals surface area contributed by atoms with Gasteiger partial charge in [0.05, 0.1) is 29.9 Å². The van der Waals surface area contributed by atoms with Gasteiger partial charge < -0.3 is 20.1 Å². The minimum absolute atomic E-state index is 0.0104. The molecule has 10 heteroatoms. The molecule has 1 aromatic heterocycles. The molecule has 0 aliphatic heterocycles. The molecule has 0 aliphatic carbocycles. The van der Waals surface area contributed by atoms with E-state index in [1.165, 1.54) is 20.5 Å². The Kier molecular flexibility index (Phi) is 5.71.